The van der Waals surface area contributed by atoms with Crippen LogP contribution in [0.5, 0.6) is 0 Å². The molecule has 0 spiro atoms. The lowest BCUT2D eigenvalue weighted by atomic mass is 10.1. The summed E-state index contributed by atoms with van der Waals surface area (Å²) in [4.78, 5) is 12.9. The number of aromatic nitrogens is 2. The van der Waals surface area contributed by atoms with Crippen molar-refractivity contribution in [2.75, 3.05) is 13.1 Å². The number of rotatable bonds is 4. The highest BCUT2D eigenvalue weighted by atomic mass is 19.4. The molecule has 1 amide bonds. The van der Waals surface area contributed by atoms with Gasteiger partial charge in [-0.15, -0.1) is 0 Å². The van der Waals surface area contributed by atoms with Crippen molar-refractivity contribution in [3.63, 3.8) is 0 Å². The maximum absolute atomic E-state index is 12.4. The molecule has 0 atom stereocenters. The largest absolute Gasteiger partial charge is 0.406 e. The molecule has 4 nitrogen and oxygen atoms in total. The van der Waals surface area contributed by atoms with Gasteiger partial charge in [-0.2, -0.15) is 18.3 Å². The quantitative estimate of drug-likeness (QED) is 0.907. The third kappa shape index (κ3) is 3.48. The Morgan fingerprint density at radius 2 is 2.00 bits per heavy atom. The predicted octanol–water partition coefficient (Wildman–Crippen LogP) is 2.44. The number of halogens is 3. The minimum Gasteiger partial charge on any atom is -0.329 e. The lowest BCUT2D eigenvalue weighted by Gasteiger charge is -2.23. The topological polar surface area (TPSA) is 49.0 Å². The molecule has 0 aromatic carbocycles. The van der Waals surface area contributed by atoms with E-state index in [1.165, 1.54) is 0 Å². The first kappa shape index (κ1) is 14.5. The standard InChI is InChI=1S/C11H16F3N3O/c1-4-5-17(6-11(12,13)14)10(18)9-7(2)15-16-8(9)3/h4-6H2,1-3H3,(H,15,16). The average Bonchev–Trinajstić information content (AvgIpc) is 2.55. The van der Waals surface area contributed by atoms with Gasteiger partial charge in [0, 0.05) is 12.2 Å². The second-order valence-corrected chi connectivity index (χ2v) is 4.15. The number of alkyl halides is 3. The molecule has 0 aliphatic heterocycles. The van der Waals surface area contributed by atoms with Crippen LogP contribution in [-0.4, -0.2) is 40.3 Å². The van der Waals surface area contributed by atoms with Gasteiger partial charge in [-0.05, 0) is 20.3 Å². The van der Waals surface area contributed by atoms with Crippen molar-refractivity contribution < 1.29 is 18.0 Å². The van der Waals surface area contributed by atoms with Crippen molar-refractivity contribution in [1.29, 1.82) is 0 Å². The summed E-state index contributed by atoms with van der Waals surface area (Å²) in [7, 11) is 0. The van der Waals surface area contributed by atoms with Crippen LogP contribution in [0, 0.1) is 13.8 Å². The molecular formula is C11H16F3N3O. The summed E-state index contributed by atoms with van der Waals surface area (Å²) in [5.74, 6) is -0.627. The van der Waals surface area contributed by atoms with Crippen LogP contribution in [0.25, 0.3) is 0 Å². The van der Waals surface area contributed by atoms with Crippen LogP contribution in [0.1, 0.15) is 35.1 Å². The van der Waals surface area contributed by atoms with Crippen LogP contribution >= 0.6 is 0 Å². The number of hydrogen-bond acceptors (Lipinski definition) is 2. The Labute approximate surface area is 103 Å². The zero-order valence-corrected chi connectivity index (χ0v) is 10.6. The lowest BCUT2D eigenvalue weighted by Crippen LogP contribution is -2.39. The molecule has 102 valence electrons. The van der Waals surface area contributed by atoms with E-state index in [0.717, 1.165) is 4.90 Å². The van der Waals surface area contributed by atoms with Crippen molar-refractivity contribution in [1.82, 2.24) is 15.1 Å². The number of nitrogens with one attached hydrogen (secondary N) is 1. The fraction of sp³-hybridized carbons (Fsp3) is 0.636. The van der Waals surface area contributed by atoms with Crippen molar-refractivity contribution in [3.05, 3.63) is 17.0 Å². The number of H-pyrrole nitrogens is 1. The molecule has 1 aromatic heterocycles. The molecule has 0 saturated heterocycles. The van der Waals surface area contributed by atoms with Gasteiger partial charge >= 0.3 is 6.18 Å². The molecule has 1 heterocycles. The van der Waals surface area contributed by atoms with Crippen LogP contribution in [0.3, 0.4) is 0 Å². The molecule has 0 unspecified atom stereocenters. The van der Waals surface area contributed by atoms with Crippen molar-refractivity contribution in [2.24, 2.45) is 0 Å². The monoisotopic (exact) mass is 263 g/mol. The highest BCUT2D eigenvalue weighted by molar-refractivity contribution is 5.96. The Bertz CT molecular complexity index is 406. The van der Waals surface area contributed by atoms with Crippen molar-refractivity contribution in [3.8, 4) is 0 Å². The van der Waals surface area contributed by atoms with Gasteiger partial charge in [0.25, 0.3) is 5.91 Å². The zero-order valence-electron chi connectivity index (χ0n) is 10.6. The molecular weight excluding hydrogens is 247 g/mol. The minimum absolute atomic E-state index is 0.0718. The molecule has 0 saturated carbocycles. The molecule has 1 aromatic rings. The molecule has 1 rings (SSSR count). The summed E-state index contributed by atoms with van der Waals surface area (Å²) in [6.45, 7) is 3.78. The number of aromatic amines is 1. The van der Waals surface area contributed by atoms with Gasteiger partial charge in [-0.3, -0.25) is 9.89 Å². The normalized spacial score (nSPS) is 11.7. The van der Waals surface area contributed by atoms with Gasteiger partial charge < -0.3 is 4.90 Å². The summed E-state index contributed by atoms with van der Waals surface area (Å²) in [6, 6.07) is 0. The summed E-state index contributed by atoms with van der Waals surface area (Å²) >= 11 is 0. The minimum atomic E-state index is -4.39. The first-order chi connectivity index (χ1) is 8.26. The van der Waals surface area contributed by atoms with Crippen LogP contribution in [0.4, 0.5) is 13.2 Å². The fourth-order valence-electron chi connectivity index (χ4n) is 1.76. The Balaban J connectivity index is 2.96. The summed E-state index contributed by atoms with van der Waals surface area (Å²) in [5.41, 5.74) is 1.13. The number of amides is 1. The van der Waals surface area contributed by atoms with E-state index >= 15 is 0 Å². The maximum Gasteiger partial charge on any atom is 0.406 e. The van der Waals surface area contributed by atoms with E-state index < -0.39 is 18.6 Å². The van der Waals surface area contributed by atoms with E-state index in [4.69, 9.17) is 0 Å². The molecule has 0 aliphatic rings. The SMILES string of the molecule is CCCN(CC(F)(F)F)C(=O)c1c(C)n[nH]c1C. The molecule has 0 radical (unpaired) electrons. The van der Waals surface area contributed by atoms with Gasteiger partial charge in [0.1, 0.15) is 6.54 Å². The van der Waals surface area contributed by atoms with E-state index in [1.807, 2.05) is 0 Å². The van der Waals surface area contributed by atoms with Crippen LogP contribution in [0.2, 0.25) is 0 Å². The lowest BCUT2D eigenvalue weighted by molar-refractivity contribution is -0.140. The number of nitrogens with zero attached hydrogens (tertiary/aromatic N) is 2. The van der Waals surface area contributed by atoms with Gasteiger partial charge in [0.15, 0.2) is 0 Å². The number of aryl methyl sites for hydroxylation is 2. The van der Waals surface area contributed by atoms with Gasteiger partial charge in [0.2, 0.25) is 0 Å². The van der Waals surface area contributed by atoms with E-state index in [1.54, 1.807) is 20.8 Å². The Morgan fingerprint density at radius 3 is 2.39 bits per heavy atom. The number of carbonyl (C=O) groups excluding carboxylic acids is 1. The van der Waals surface area contributed by atoms with E-state index in [-0.39, 0.29) is 12.1 Å². The molecule has 1 N–H and O–H groups in total. The Hall–Kier alpha value is -1.53. The van der Waals surface area contributed by atoms with Crippen LogP contribution in [-0.2, 0) is 0 Å². The number of hydrogen-bond donors (Lipinski definition) is 1. The Morgan fingerprint density at radius 1 is 1.39 bits per heavy atom. The van der Waals surface area contributed by atoms with E-state index in [0.29, 0.717) is 17.8 Å². The second-order valence-electron chi connectivity index (χ2n) is 4.15. The molecule has 0 aliphatic carbocycles. The second kappa shape index (κ2) is 5.41. The van der Waals surface area contributed by atoms with Gasteiger partial charge in [-0.25, -0.2) is 0 Å². The van der Waals surface area contributed by atoms with Gasteiger partial charge in [0.05, 0.1) is 11.3 Å². The molecule has 0 fully saturated rings. The predicted molar refractivity (Wildman–Crippen MR) is 60.3 cm³/mol. The highest BCUT2D eigenvalue weighted by Crippen LogP contribution is 2.20. The average molecular weight is 263 g/mol. The number of carbonyl (C=O) groups is 1. The highest BCUT2D eigenvalue weighted by Gasteiger charge is 2.34. The third-order valence-electron chi connectivity index (χ3n) is 2.49. The van der Waals surface area contributed by atoms with E-state index in [9.17, 15) is 18.0 Å². The van der Waals surface area contributed by atoms with Crippen LogP contribution in [0.15, 0.2) is 0 Å². The summed E-state index contributed by atoms with van der Waals surface area (Å²) < 4.78 is 37.2. The third-order valence-corrected chi connectivity index (χ3v) is 2.49. The Kier molecular flexibility index (Phi) is 4.37. The zero-order chi connectivity index (χ0) is 13.9. The van der Waals surface area contributed by atoms with Gasteiger partial charge in [-0.1, -0.05) is 6.92 Å². The summed E-state index contributed by atoms with van der Waals surface area (Å²) in [6.07, 6.45) is -3.92. The molecule has 18 heavy (non-hydrogen) atoms. The van der Waals surface area contributed by atoms with Crippen LogP contribution < -0.4 is 0 Å². The smallest absolute Gasteiger partial charge is 0.329 e. The van der Waals surface area contributed by atoms with Crippen molar-refractivity contribution >= 4 is 5.91 Å². The molecule has 0 bridgehead atoms. The first-order valence-corrected chi connectivity index (χ1v) is 5.64. The van der Waals surface area contributed by atoms with Crippen molar-refractivity contribution in [2.45, 2.75) is 33.4 Å². The summed E-state index contributed by atoms with van der Waals surface area (Å²) in [5, 5.41) is 6.42. The van der Waals surface area contributed by atoms with E-state index in [2.05, 4.69) is 10.2 Å². The first-order valence-electron chi connectivity index (χ1n) is 5.64. The molecule has 7 heteroatoms. The maximum atomic E-state index is 12.4. The fourth-order valence-corrected chi connectivity index (χ4v) is 1.76.